The second-order valence-electron chi connectivity index (χ2n) is 6.45. The van der Waals surface area contributed by atoms with Gasteiger partial charge in [0.15, 0.2) is 6.61 Å². The summed E-state index contributed by atoms with van der Waals surface area (Å²) in [5.41, 5.74) is 2.92. The van der Waals surface area contributed by atoms with E-state index in [0.717, 1.165) is 23.2 Å². The van der Waals surface area contributed by atoms with Crippen molar-refractivity contribution >= 4 is 17.5 Å². The van der Waals surface area contributed by atoms with Crippen LogP contribution in [-0.4, -0.2) is 38.1 Å². The molecule has 0 spiro atoms. The molecule has 1 N–H and O–H groups in total. The van der Waals surface area contributed by atoms with Gasteiger partial charge in [-0.05, 0) is 56.8 Å². The number of benzene rings is 2. The number of hydrogen-bond acceptors (Lipinski definition) is 3. The van der Waals surface area contributed by atoms with E-state index in [1.807, 2.05) is 75.3 Å². The first kappa shape index (κ1) is 19.3. The Bertz CT molecular complexity index is 694. The van der Waals surface area contributed by atoms with Gasteiger partial charge >= 0.3 is 0 Å². The second kappa shape index (κ2) is 8.88. The maximum absolute atomic E-state index is 12.4. The molecule has 0 saturated carbocycles. The number of hydrogen-bond donors (Lipinski definition) is 1. The van der Waals surface area contributed by atoms with E-state index in [1.165, 1.54) is 0 Å². The molecule has 0 heterocycles. The number of carbonyl (C=O) groups excluding carboxylic acids is 1. The van der Waals surface area contributed by atoms with Crippen LogP contribution in [0.25, 0.3) is 0 Å². The van der Waals surface area contributed by atoms with E-state index in [0.29, 0.717) is 10.8 Å². The van der Waals surface area contributed by atoms with Crippen LogP contribution in [-0.2, 0) is 4.79 Å². The van der Waals surface area contributed by atoms with E-state index in [4.69, 9.17) is 16.3 Å². The van der Waals surface area contributed by atoms with Gasteiger partial charge in [0.1, 0.15) is 5.75 Å². The van der Waals surface area contributed by atoms with Crippen molar-refractivity contribution in [3.8, 4) is 5.75 Å². The highest BCUT2D eigenvalue weighted by molar-refractivity contribution is 6.30. The summed E-state index contributed by atoms with van der Waals surface area (Å²) in [5.74, 6) is 0.563. The van der Waals surface area contributed by atoms with Crippen molar-refractivity contribution in [1.82, 2.24) is 10.2 Å². The highest BCUT2D eigenvalue weighted by atomic mass is 35.5. The van der Waals surface area contributed by atoms with Crippen molar-refractivity contribution in [2.45, 2.75) is 19.9 Å². The summed E-state index contributed by atoms with van der Waals surface area (Å²) in [6.07, 6.45) is 0. The Hall–Kier alpha value is -2.04. The van der Waals surface area contributed by atoms with Crippen molar-refractivity contribution in [3.63, 3.8) is 0 Å². The van der Waals surface area contributed by atoms with Gasteiger partial charge in [-0.2, -0.15) is 0 Å². The number of amides is 1. The van der Waals surface area contributed by atoms with Crippen LogP contribution in [0, 0.1) is 13.8 Å². The summed E-state index contributed by atoms with van der Waals surface area (Å²) in [6.45, 7) is 4.53. The molecule has 0 saturated heterocycles. The molecule has 0 aromatic heterocycles. The SMILES string of the molecule is Cc1cc(Cl)cc(C)c1OCC(=O)N[C@@H](CN(C)C)c1ccccc1. The Labute approximate surface area is 154 Å². The fourth-order valence-corrected chi connectivity index (χ4v) is 3.11. The normalized spacial score (nSPS) is 12.1. The third-order valence-corrected chi connectivity index (χ3v) is 4.08. The number of nitrogens with zero attached hydrogens (tertiary/aromatic N) is 1. The molecule has 0 aliphatic rings. The molecular weight excluding hydrogens is 336 g/mol. The molecule has 4 nitrogen and oxygen atoms in total. The molecular formula is C20H25ClN2O2. The zero-order valence-corrected chi connectivity index (χ0v) is 15.9. The third-order valence-electron chi connectivity index (χ3n) is 3.86. The van der Waals surface area contributed by atoms with Crippen LogP contribution in [0.15, 0.2) is 42.5 Å². The van der Waals surface area contributed by atoms with E-state index >= 15 is 0 Å². The highest BCUT2D eigenvalue weighted by Crippen LogP contribution is 2.27. The minimum absolute atomic E-state index is 0.0277. The van der Waals surface area contributed by atoms with Crippen LogP contribution in [0.3, 0.4) is 0 Å². The number of carbonyl (C=O) groups is 1. The maximum atomic E-state index is 12.4. The smallest absolute Gasteiger partial charge is 0.258 e. The molecule has 0 aliphatic heterocycles. The van der Waals surface area contributed by atoms with Gasteiger partial charge in [-0.3, -0.25) is 4.79 Å². The molecule has 0 bridgehead atoms. The molecule has 0 unspecified atom stereocenters. The van der Waals surface area contributed by atoms with Gasteiger partial charge in [-0.25, -0.2) is 0 Å². The molecule has 134 valence electrons. The van der Waals surface area contributed by atoms with Gasteiger partial charge in [0, 0.05) is 11.6 Å². The zero-order valence-electron chi connectivity index (χ0n) is 15.2. The summed E-state index contributed by atoms with van der Waals surface area (Å²) in [5, 5.41) is 3.72. The Morgan fingerprint density at radius 1 is 1.16 bits per heavy atom. The molecule has 2 aromatic rings. The largest absolute Gasteiger partial charge is 0.483 e. The van der Waals surface area contributed by atoms with E-state index < -0.39 is 0 Å². The number of halogens is 1. The number of likely N-dealkylation sites (N-methyl/N-ethyl adjacent to an activating group) is 1. The van der Waals surface area contributed by atoms with Crippen LogP contribution in [0.1, 0.15) is 22.7 Å². The standard InChI is InChI=1S/C20H25ClN2O2/c1-14-10-17(21)11-15(2)20(14)25-13-19(24)22-18(12-23(3)4)16-8-6-5-7-9-16/h5-11,18H,12-13H2,1-4H3,(H,22,24)/t18-/m0/s1. The summed E-state index contributed by atoms with van der Waals surface area (Å²) in [6, 6.07) is 13.5. The van der Waals surface area contributed by atoms with Gasteiger partial charge in [-0.15, -0.1) is 0 Å². The summed E-state index contributed by atoms with van der Waals surface area (Å²) in [7, 11) is 3.97. The van der Waals surface area contributed by atoms with Crippen molar-refractivity contribution in [2.75, 3.05) is 27.2 Å². The van der Waals surface area contributed by atoms with Crippen molar-refractivity contribution in [3.05, 3.63) is 64.2 Å². The molecule has 1 atom stereocenters. The second-order valence-corrected chi connectivity index (χ2v) is 6.89. The predicted octanol–water partition coefficient (Wildman–Crippen LogP) is 3.75. The summed E-state index contributed by atoms with van der Waals surface area (Å²) >= 11 is 6.03. The lowest BCUT2D eigenvalue weighted by atomic mass is 10.1. The van der Waals surface area contributed by atoms with E-state index in [2.05, 4.69) is 5.32 Å². The Balaban J connectivity index is 2.02. The quantitative estimate of drug-likeness (QED) is 0.817. The minimum Gasteiger partial charge on any atom is -0.483 e. The van der Waals surface area contributed by atoms with Gasteiger partial charge in [-0.1, -0.05) is 41.9 Å². The number of aryl methyl sites for hydroxylation is 2. The van der Waals surface area contributed by atoms with E-state index in [1.54, 1.807) is 0 Å². The number of nitrogens with one attached hydrogen (secondary N) is 1. The maximum Gasteiger partial charge on any atom is 0.258 e. The van der Waals surface area contributed by atoms with E-state index in [-0.39, 0.29) is 18.6 Å². The Morgan fingerprint density at radius 2 is 1.76 bits per heavy atom. The molecule has 2 rings (SSSR count). The van der Waals surface area contributed by atoms with Gasteiger partial charge in [0.2, 0.25) is 0 Å². The highest BCUT2D eigenvalue weighted by Gasteiger charge is 2.16. The van der Waals surface area contributed by atoms with Gasteiger partial charge in [0.25, 0.3) is 5.91 Å². The molecule has 1 amide bonds. The molecule has 0 radical (unpaired) electrons. The fourth-order valence-electron chi connectivity index (χ4n) is 2.78. The lowest BCUT2D eigenvalue weighted by Crippen LogP contribution is -2.37. The van der Waals surface area contributed by atoms with E-state index in [9.17, 15) is 4.79 Å². The van der Waals surface area contributed by atoms with Crippen molar-refractivity contribution < 1.29 is 9.53 Å². The molecule has 2 aromatic carbocycles. The first-order valence-corrected chi connectivity index (χ1v) is 8.63. The average Bonchev–Trinajstić information content (AvgIpc) is 2.53. The summed E-state index contributed by atoms with van der Waals surface area (Å²) in [4.78, 5) is 14.4. The lowest BCUT2D eigenvalue weighted by Gasteiger charge is -2.23. The molecule has 5 heteroatoms. The van der Waals surface area contributed by atoms with Crippen LogP contribution >= 0.6 is 11.6 Å². The molecule has 0 aliphatic carbocycles. The van der Waals surface area contributed by atoms with Gasteiger partial charge in [0.05, 0.1) is 6.04 Å². The fraction of sp³-hybridized carbons (Fsp3) is 0.350. The first-order chi connectivity index (χ1) is 11.9. The molecule has 0 fully saturated rings. The van der Waals surface area contributed by atoms with Crippen molar-refractivity contribution in [1.29, 1.82) is 0 Å². The van der Waals surface area contributed by atoms with Crippen LogP contribution < -0.4 is 10.1 Å². The Morgan fingerprint density at radius 3 is 2.32 bits per heavy atom. The zero-order chi connectivity index (χ0) is 18.4. The average molecular weight is 361 g/mol. The number of rotatable bonds is 7. The predicted molar refractivity (Wildman–Crippen MR) is 102 cm³/mol. The third kappa shape index (κ3) is 5.76. The van der Waals surface area contributed by atoms with Crippen LogP contribution in [0.5, 0.6) is 5.75 Å². The summed E-state index contributed by atoms with van der Waals surface area (Å²) < 4.78 is 5.74. The molecule has 25 heavy (non-hydrogen) atoms. The number of ether oxygens (including phenoxy) is 1. The van der Waals surface area contributed by atoms with Crippen LogP contribution in [0.4, 0.5) is 0 Å². The Kier molecular flexibility index (Phi) is 6.85. The van der Waals surface area contributed by atoms with Crippen molar-refractivity contribution in [2.24, 2.45) is 0 Å². The first-order valence-electron chi connectivity index (χ1n) is 8.25. The lowest BCUT2D eigenvalue weighted by molar-refractivity contribution is -0.124. The monoisotopic (exact) mass is 360 g/mol. The van der Waals surface area contributed by atoms with Gasteiger partial charge < -0.3 is 15.0 Å². The van der Waals surface area contributed by atoms with Crippen LogP contribution in [0.2, 0.25) is 5.02 Å². The topological polar surface area (TPSA) is 41.6 Å². The minimum atomic E-state index is -0.149.